The van der Waals surface area contributed by atoms with Crippen LogP contribution in [0.15, 0.2) is 12.3 Å². The highest BCUT2D eigenvalue weighted by molar-refractivity contribution is 6.28. The number of fused-ring (bicyclic) bond motifs is 2. The average Bonchev–Trinajstić information content (AvgIpc) is 2.53. The van der Waals surface area contributed by atoms with E-state index >= 15 is 0 Å². The standard InChI is InChI=1S/C11H15ClN4/c1-15-8-2-3-9(15)7-16(6-8)10-4-5-13-11(12)14-10/h4-5,8-9H,2-3,6-7H2,1H3. The number of rotatable bonds is 1. The van der Waals surface area contributed by atoms with Crippen LogP contribution in [0.25, 0.3) is 0 Å². The van der Waals surface area contributed by atoms with E-state index in [9.17, 15) is 0 Å². The largest absolute Gasteiger partial charge is 0.353 e. The quantitative estimate of drug-likeness (QED) is 0.693. The Morgan fingerprint density at radius 3 is 2.62 bits per heavy atom. The number of aromatic nitrogens is 2. The number of halogens is 1. The number of anilines is 1. The number of piperazine rings is 1. The van der Waals surface area contributed by atoms with Gasteiger partial charge in [0, 0.05) is 31.4 Å². The van der Waals surface area contributed by atoms with Crippen molar-refractivity contribution in [2.24, 2.45) is 0 Å². The van der Waals surface area contributed by atoms with Crippen molar-refractivity contribution in [1.82, 2.24) is 14.9 Å². The molecule has 86 valence electrons. The highest BCUT2D eigenvalue weighted by atomic mass is 35.5. The summed E-state index contributed by atoms with van der Waals surface area (Å²) < 4.78 is 0. The Balaban J connectivity index is 1.83. The van der Waals surface area contributed by atoms with E-state index in [-0.39, 0.29) is 0 Å². The number of hydrogen-bond donors (Lipinski definition) is 0. The van der Waals surface area contributed by atoms with Crippen LogP contribution in [0, 0.1) is 0 Å². The van der Waals surface area contributed by atoms with Crippen molar-refractivity contribution in [2.45, 2.75) is 24.9 Å². The Hall–Kier alpha value is -0.870. The fourth-order valence-electron chi connectivity index (χ4n) is 2.80. The molecule has 1 aromatic heterocycles. The van der Waals surface area contributed by atoms with E-state index < -0.39 is 0 Å². The van der Waals surface area contributed by atoms with Crippen LogP contribution in [0.1, 0.15) is 12.8 Å². The molecule has 0 aliphatic carbocycles. The summed E-state index contributed by atoms with van der Waals surface area (Å²) >= 11 is 5.82. The van der Waals surface area contributed by atoms with Crippen LogP contribution < -0.4 is 4.90 Å². The Labute approximate surface area is 100 Å². The first-order chi connectivity index (χ1) is 7.74. The maximum Gasteiger partial charge on any atom is 0.224 e. The van der Waals surface area contributed by atoms with Gasteiger partial charge in [-0.25, -0.2) is 9.97 Å². The molecule has 0 radical (unpaired) electrons. The zero-order valence-electron chi connectivity index (χ0n) is 9.30. The van der Waals surface area contributed by atoms with E-state index in [1.54, 1.807) is 6.20 Å². The molecule has 0 saturated carbocycles. The number of likely N-dealkylation sites (N-methyl/N-ethyl adjacent to an activating group) is 1. The molecular formula is C11H15ClN4. The summed E-state index contributed by atoms with van der Waals surface area (Å²) in [5.41, 5.74) is 0. The van der Waals surface area contributed by atoms with Crippen LogP contribution in [0.3, 0.4) is 0 Å². The molecule has 0 N–H and O–H groups in total. The monoisotopic (exact) mass is 238 g/mol. The van der Waals surface area contributed by atoms with Crippen molar-refractivity contribution in [3.8, 4) is 0 Å². The smallest absolute Gasteiger partial charge is 0.224 e. The second-order valence-electron chi connectivity index (χ2n) is 4.64. The molecule has 2 aliphatic rings. The molecule has 3 heterocycles. The lowest BCUT2D eigenvalue weighted by Crippen LogP contribution is -2.52. The topological polar surface area (TPSA) is 32.3 Å². The zero-order chi connectivity index (χ0) is 11.1. The molecule has 0 aromatic carbocycles. The predicted octanol–water partition coefficient (Wildman–Crippen LogP) is 1.41. The van der Waals surface area contributed by atoms with Gasteiger partial charge in [-0.05, 0) is 37.6 Å². The van der Waals surface area contributed by atoms with E-state index in [0.717, 1.165) is 18.9 Å². The lowest BCUT2D eigenvalue weighted by molar-refractivity contribution is 0.212. The molecule has 2 atom stereocenters. The van der Waals surface area contributed by atoms with Crippen LogP contribution in [0.5, 0.6) is 0 Å². The summed E-state index contributed by atoms with van der Waals surface area (Å²) in [5, 5.41) is 0.337. The van der Waals surface area contributed by atoms with Gasteiger partial charge in [0.05, 0.1) is 0 Å². The van der Waals surface area contributed by atoms with Gasteiger partial charge < -0.3 is 4.90 Å². The zero-order valence-corrected chi connectivity index (χ0v) is 10.1. The van der Waals surface area contributed by atoms with Gasteiger partial charge in [-0.1, -0.05) is 0 Å². The van der Waals surface area contributed by atoms with Crippen LogP contribution in [-0.2, 0) is 0 Å². The van der Waals surface area contributed by atoms with Gasteiger partial charge in [-0.15, -0.1) is 0 Å². The number of nitrogens with zero attached hydrogens (tertiary/aromatic N) is 4. The van der Waals surface area contributed by atoms with Crippen LogP contribution in [0.2, 0.25) is 5.28 Å². The molecule has 1 aromatic rings. The first-order valence-corrected chi connectivity index (χ1v) is 6.07. The van der Waals surface area contributed by atoms with E-state index in [2.05, 4.69) is 26.8 Å². The first-order valence-electron chi connectivity index (χ1n) is 5.69. The minimum absolute atomic E-state index is 0.337. The Morgan fingerprint density at radius 2 is 2.00 bits per heavy atom. The third-order valence-electron chi connectivity index (χ3n) is 3.78. The summed E-state index contributed by atoms with van der Waals surface area (Å²) in [6.07, 6.45) is 4.33. The summed E-state index contributed by atoms with van der Waals surface area (Å²) in [7, 11) is 2.23. The minimum Gasteiger partial charge on any atom is -0.353 e. The van der Waals surface area contributed by atoms with Crippen molar-refractivity contribution in [3.05, 3.63) is 17.5 Å². The van der Waals surface area contributed by atoms with Gasteiger partial charge in [-0.2, -0.15) is 0 Å². The van der Waals surface area contributed by atoms with Gasteiger partial charge in [0.15, 0.2) is 0 Å². The fraction of sp³-hybridized carbons (Fsp3) is 0.636. The van der Waals surface area contributed by atoms with Crippen molar-refractivity contribution in [1.29, 1.82) is 0 Å². The average molecular weight is 239 g/mol. The van der Waals surface area contributed by atoms with Crippen LogP contribution in [-0.4, -0.2) is 47.1 Å². The molecule has 0 spiro atoms. The normalized spacial score (nSPS) is 29.8. The van der Waals surface area contributed by atoms with Gasteiger partial charge >= 0.3 is 0 Å². The molecule has 16 heavy (non-hydrogen) atoms. The third-order valence-corrected chi connectivity index (χ3v) is 3.96. The van der Waals surface area contributed by atoms with Gasteiger partial charge in [0.2, 0.25) is 5.28 Å². The summed E-state index contributed by atoms with van der Waals surface area (Å²) in [5.74, 6) is 0.963. The lowest BCUT2D eigenvalue weighted by Gasteiger charge is -2.39. The minimum atomic E-state index is 0.337. The van der Waals surface area contributed by atoms with Crippen LogP contribution >= 0.6 is 11.6 Å². The maximum absolute atomic E-state index is 5.82. The lowest BCUT2D eigenvalue weighted by atomic mass is 10.2. The van der Waals surface area contributed by atoms with Crippen molar-refractivity contribution in [3.63, 3.8) is 0 Å². The molecule has 2 aliphatic heterocycles. The van der Waals surface area contributed by atoms with Crippen LogP contribution in [0.4, 0.5) is 5.82 Å². The summed E-state index contributed by atoms with van der Waals surface area (Å²) in [4.78, 5) is 13.0. The Morgan fingerprint density at radius 1 is 1.31 bits per heavy atom. The van der Waals surface area contributed by atoms with Crippen molar-refractivity contribution in [2.75, 3.05) is 25.0 Å². The highest BCUT2D eigenvalue weighted by Crippen LogP contribution is 2.30. The summed E-state index contributed by atoms with van der Waals surface area (Å²) in [6, 6.07) is 3.29. The van der Waals surface area contributed by atoms with Gasteiger partial charge in [-0.3, -0.25) is 4.90 Å². The van der Waals surface area contributed by atoms with E-state index in [1.807, 2.05) is 6.07 Å². The van der Waals surface area contributed by atoms with Crippen molar-refractivity contribution >= 4 is 17.4 Å². The first kappa shape index (κ1) is 10.3. The van der Waals surface area contributed by atoms with E-state index in [1.165, 1.54) is 12.8 Å². The number of hydrogen-bond acceptors (Lipinski definition) is 4. The molecule has 2 bridgehead atoms. The predicted molar refractivity (Wildman–Crippen MR) is 63.8 cm³/mol. The molecule has 5 heteroatoms. The molecule has 2 saturated heterocycles. The van der Waals surface area contributed by atoms with Crippen molar-refractivity contribution < 1.29 is 0 Å². The molecule has 2 fully saturated rings. The summed E-state index contributed by atoms with van der Waals surface area (Å²) in [6.45, 7) is 2.11. The molecule has 3 rings (SSSR count). The molecular weight excluding hydrogens is 224 g/mol. The molecule has 4 nitrogen and oxygen atoms in total. The second-order valence-corrected chi connectivity index (χ2v) is 4.98. The van der Waals surface area contributed by atoms with E-state index in [4.69, 9.17) is 11.6 Å². The molecule has 2 unspecified atom stereocenters. The fourth-order valence-corrected chi connectivity index (χ4v) is 2.95. The SMILES string of the molecule is CN1C2CCC1CN(c1ccnc(Cl)n1)C2. The molecule has 0 amide bonds. The van der Waals surface area contributed by atoms with Gasteiger partial charge in [0.25, 0.3) is 0 Å². The van der Waals surface area contributed by atoms with E-state index in [0.29, 0.717) is 17.4 Å². The second kappa shape index (κ2) is 3.86. The third kappa shape index (κ3) is 1.66. The highest BCUT2D eigenvalue weighted by Gasteiger charge is 2.37. The van der Waals surface area contributed by atoms with Gasteiger partial charge in [0.1, 0.15) is 5.82 Å². The maximum atomic E-state index is 5.82. The Bertz CT molecular complexity index is 383. The Kier molecular flexibility index (Phi) is 2.48.